The minimum absolute atomic E-state index is 0.0992. The maximum atomic E-state index is 11.9. The standard InChI is InChI=1S/C21H26N2O4.C7H9NO.C2H6/c1-25-20-6-3-2-5-17(20)16-26-13-4-14-27-19-9-7-18(8-10-19)23-12-11-22-15-21(23)24;1-9-6-7-4-2-3-5-8-7;1-2/h2-3,5-10,22H,4,11-16H2,1H3;2-5H,6H2,1H3;1-2H3. The largest absolute Gasteiger partial charge is 0.496 e. The summed E-state index contributed by atoms with van der Waals surface area (Å²) in [6.07, 6.45) is 2.56. The number of pyridine rings is 1. The summed E-state index contributed by atoms with van der Waals surface area (Å²) < 4.78 is 21.6. The molecule has 1 aliphatic rings. The number of ether oxygens (including phenoxy) is 4. The Morgan fingerprint density at radius 1 is 0.921 bits per heavy atom. The normalized spacial score (nSPS) is 12.5. The van der Waals surface area contributed by atoms with Crippen LogP contribution < -0.4 is 19.7 Å². The van der Waals surface area contributed by atoms with E-state index < -0.39 is 0 Å². The van der Waals surface area contributed by atoms with Gasteiger partial charge in [0.05, 0.1) is 45.8 Å². The first-order valence-electron chi connectivity index (χ1n) is 13.0. The number of aromatic nitrogens is 1. The Kier molecular flexibility index (Phi) is 15.2. The van der Waals surface area contributed by atoms with Gasteiger partial charge in [0.1, 0.15) is 11.5 Å². The number of benzene rings is 2. The van der Waals surface area contributed by atoms with Crippen molar-refractivity contribution in [3.63, 3.8) is 0 Å². The molecular weight excluding hydrogens is 482 g/mol. The number of nitrogens with one attached hydrogen (secondary N) is 1. The SMILES string of the molecule is CC.COCc1ccccn1.COc1ccccc1COCCCOc1ccc(N2CCNCC2=O)cc1. The molecule has 1 saturated heterocycles. The van der Waals surface area contributed by atoms with E-state index in [0.29, 0.717) is 39.5 Å². The van der Waals surface area contributed by atoms with Gasteiger partial charge in [0, 0.05) is 44.1 Å². The number of carbonyl (C=O) groups excluding carboxylic acids is 1. The lowest BCUT2D eigenvalue weighted by Crippen LogP contribution is -2.48. The number of hydrogen-bond donors (Lipinski definition) is 1. The number of anilines is 1. The van der Waals surface area contributed by atoms with E-state index in [4.69, 9.17) is 18.9 Å². The van der Waals surface area contributed by atoms with Crippen LogP contribution in [-0.2, 0) is 27.5 Å². The molecule has 4 rings (SSSR count). The van der Waals surface area contributed by atoms with E-state index in [1.165, 1.54) is 0 Å². The Hall–Kier alpha value is -3.46. The third-order valence-electron chi connectivity index (χ3n) is 5.41. The lowest BCUT2D eigenvalue weighted by atomic mass is 10.2. The average molecular weight is 524 g/mol. The number of methoxy groups -OCH3 is 2. The second kappa shape index (κ2) is 18.7. The third kappa shape index (κ3) is 10.9. The van der Waals surface area contributed by atoms with Crippen LogP contribution in [0.4, 0.5) is 5.69 Å². The summed E-state index contributed by atoms with van der Waals surface area (Å²) in [7, 11) is 3.32. The van der Waals surface area contributed by atoms with Crippen LogP contribution >= 0.6 is 0 Å². The molecule has 0 unspecified atom stereocenters. The van der Waals surface area contributed by atoms with Gasteiger partial charge in [-0.1, -0.05) is 38.1 Å². The number of piperazine rings is 1. The summed E-state index contributed by atoms with van der Waals surface area (Å²) in [5.41, 5.74) is 2.92. The quantitative estimate of drug-likeness (QED) is 0.359. The van der Waals surface area contributed by atoms with Crippen molar-refractivity contribution in [3.8, 4) is 11.5 Å². The van der Waals surface area contributed by atoms with E-state index in [2.05, 4.69) is 10.3 Å². The Morgan fingerprint density at radius 2 is 1.68 bits per heavy atom. The van der Waals surface area contributed by atoms with Gasteiger partial charge in [-0.05, 0) is 42.5 Å². The summed E-state index contributed by atoms with van der Waals surface area (Å²) >= 11 is 0. The molecule has 1 aromatic heterocycles. The van der Waals surface area contributed by atoms with Crippen molar-refractivity contribution in [1.82, 2.24) is 10.3 Å². The van der Waals surface area contributed by atoms with Crippen molar-refractivity contribution in [1.29, 1.82) is 0 Å². The number of amides is 1. The average Bonchev–Trinajstić information content (AvgIpc) is 2.98. The molecular formula is C30H41N3O5. The molecule has 0 spiro atoms. The molecule has 3 aromatic rings. The fraction of sp³-hybridized carbons (Fsp3) is 0.400. The molecule has 2 heterocycles. The number of carbonyl (C=O) groups is 1. The molecule has 2 aromatic carbocycles. The van der Waals surface area contributed by atoms with E-state index in [1.807, 2.05) is 80.6 Å². The molecule has 38 heavy (non-hydrogen) atoms. The van der Waals surface area contributed by atoms with Crippen LogP contribution in [0.2, 0.25) is 0 Å². The van der Waals surface area contributed by atoms with Crippen LogP contribution in [0.25, 0.3) is 0 Å². The molecule has 1 N–H and O–H groups in total. The van der Waals surface area contributed by atoms with Crippen LogP contribution in [-0.4, -0.2) is 58.0 Å². The fourth-order valence-electron chi connectivity index (χ4n) is 3.59. The molecule has 0 saturated carbocycles. The highest BCUT2D eigenvalue weighted by Gasteiger charge is 2.18. The third-order valence-corrected chi connectivity index (χ3v) is 5.41. The molecule has 206 valence electrons. The van der Waals surface area contributed by atoms with Crippen molar-refractivity contribution in [2.45, 2.75) is 33.5 Å². The first-order chi connectivity index (χ1) is 18.7. The number of hydrogen-bond acceptors (Lipinski definition) is 7. The zero-order chi connectivity index (χ0) is 27.4. The van der Waals surface area contributed by atoms with Crippen molar-refractivity contribution in [2.24, 2.45) is 0 Å². The Morgan fingerprint density at radius 3 is 2.37 bits per heavy atom. The summed E-state index contributed by atoms with van der Waals surface area (Å²) in [5.74, 6) is 1.74. The van der Waals surface area contributed by atoms with Gasteiger partial charge in [-0.3, -0.25) is 9.78 Å². The molecule has 0 bridgehead atoms. The summed E-state index contributed by atoms with van der Waals surface area (Å²) in [5, 5.41) is 3.07. The molecule has 1 fully saturated rings. The van der Waals surface area contributed by atoms with Gasteiger partial charge in [-0.2, -0.15) is 0 Å². The minimum Gasteiger partial charge on any atom is -0.496 e. The molecule has 1 amide bonds. The van der Waals surface area contributed by atoms with Crippen molar-refractivity contribution in [2.75, 3.05) is 52.0 Å². The van der Waals surface area contributed by atoms with Gasteiger partial charge < -0.3 is 29.2 Å². The Bertz CT molecular complexity index is 1030. The summed E-state index contributed by atoms with van der Waals surface area (Å²) in [6.45, 7) is 8.23. The van der Waals surface area contributed by atoms with Crippen LogP contribution in [0.1, 0.15) is 31.5 Å². The highest BCUT2D eigenvalue weighted by atomic mass is 16.5. The lowest BCUT2D eigenvalue weighted by Gasteiger charge is -2.27. The summed E-state index contributed by atoms with van der Waals surface area (Å²) in [4.78, 5) is 17.7. The van der Waals surface area contributed by atoms with Crippen molar-refractivity contribution in [3.05, 3.63) is 84.2 Å². The first-order valence-corrected chi connectivity index (χ1v) is 13.0. The summed E-state index contributed by atoms with van der Waals surface area (Å²) in [6, 6.07) is 21.3. The zero-order valence-corrected chi connectivity index (χ0v) is 23.0. The second-order valence-corrected chi connectivity index (χ2v) is 8.04. The maximum Gasteiger partial charge on any atom is 0.240 e. The Labute approximate surface area is 226 Å². The zero-order valence-electron chi connectivity index (χ0n) is 23.0. The van der Waals surface area contributed by atoms with Gasteiger partial charge in [0.2, 0.25) is 5.91 Å². The highest BCUT2D eigenvalue weighted by molar-refractivity contribution is 5.95. The van der Waals surface area contributed by atoms with E-state index in [1.54, 1.807) is 25.3 Å². The first kappa shape index (κ1) is 30.8. The van der Waals surface area contributed by atoms with Gasteiger partial charge in [-0.15, -0.1) is 0 Å². The minimum atomic E-state index is 0.0992. The van der Waals surface area contributed by atoms with E-state index in [9.17, 15) is 4.79 Å². The number of rotatable bonds is 11. The molecule has 8 heteroatoms. The van der Waals surface area contributed by atoms with Crippen LogP contribution in [0, 0.1) is 0 Å². The monoisotopic (exact) mass is 523 g/mol. The van der Waals surface area contributed by atoms with Crippen LogP contribution in [0.15, 0.2) is 72.9 Å². The van der Waals surface area contributed by atoms with Crippen LogP contribution in [0.3, 0.4) is 0 Å². The highest BCUT2D eigenvalue weighted by Crippen LogP contribution is 2.21. The van der Waals surface area contributed by atoms with Gasteiger partial charge in [-0.25, -0.2) is 0 Å². The lowest BCUT2D eigenvalue weighted by molar-refractivity contribution is -0.118. The molecule has 8 nitrogen and oxygen atoms in total. The number of nitrogens with zero attached hydrogens (tertiary/aromatic N) is 2. The number of para-hydroxylation sites is 1. The molecule has 0 aliphatic carbocycles. The maximum absolute atomic E-state index is 11.9. The van der Waals surface area contributed by atoms with Gasteiger partial charge >= 0.3 is 0 Å². The van der Waals surface area contributed by atoms with E-state index >= 15 is 0 Å². The predicted octanol–water partition coefficient (Wildman–Crippen LogP) is 4.87. The van der Waals surface area contributed by atoms with Gasteiger partial charge in [0.25, 0.3) is 0 Å². The Balaban J connectivity index is 0.000000387. The fourth-order valence-corrected chi connectivity index (χ4v) is 3.59. The van der Waals surface area contributed by atoms with E-state index in [0.717, 1.165) is 41.4 Å². The molecule has 0 radical (unpaired) electrons. The second-order valence-electron chi connectivity index (χ2n) is 8.04. The predicted molar refractivity (Wildman–Crippen MR) is 151 cm³/mol. The van der Waals surface area contributed by atoms with E-state index in [-0.39, 0.29) is 5.91 Å². The molecule has 0 atom stereocenters. The smallest absolute Gasteiger partial charge is 0.240 e. The van der Waals surface area contributed by atoms with Crippen molar-refractivity contribution >= 4 is 11.6 Å². The van der Waals surface area contributed by atoms with Crippen molar-refractivity contribution < 1.29 is 23.7 Å². The molecule has 1 aliphatic heterocycles. The topological polar surface area (TPSA) is 82.2 Å². The van der Waals surface area contributed by atoms with Crippen LogP contribution in [0.5, 0.6) is 11.5 Å². The van der Waals surface area contributed by atoms with Gasteiger partial charge in [0.15, 0.2) is 0 Å².